The molecule has 7 heteroatoms. The molecule has 1 aromatic carbocycles. The predicted molar refractivity (Wildman–Crippen MR) is 134 cm³/mol. The van der Waals surface area contributed by atoms with Crippen LogP contribution in [-0.2, 0) is 0 Å². The van der Waals surface area contributed by atoms with Gasteiger partial charge in [-0.25, -0.2) is 4.98 Å². The van der Waals surface area contributed by atoms with E-state index in [4.69, 9.17) is 4.74 Å². The summed E-state index contributed by atoms with van der Waals surface area (Å²) in [4.78, 5) is 32.4. The zero-order valence-electron chi connectivity index (χ0n) is 20.6. The summed E-state index contributed by atoms with van der Waals surface area (Å²) in [7, 11) is 1.62. The Morgan fingerprint density at radius 2 is 1.85 bits per heavy atom. The molecule has 182 valence electrons. The lowest BCUT2D eigenvalue weighted by molar-refractivity contribution is 0.0923. The number of nitrogens with zero attached hydrogens (tertiary/aromatic N) is 2. The highest BCUT2D eigenvalue weighted by Gasteiger charge is 2.41. The Kier molecular flexibility index (Phi) is 7.39. The molecule has 2 N–H and O–H groups in total. The molecule has 0 saturated carbocycles. The second-order valence-electron chi connectivity index (χ2n) is 9.91. The summed E-state index contributed by atoms with van der Waals surface area (Å²) in [6.45, 7) is 6.88. The summed E-state index contributed by atoms with van der Waals surface area (Å²) in [5.74, 6) is 2.09. The Morgan fingerprint density at radius 1 is 1.12 bits per heavy atom. The number of amides is 2. The van der Waals surface area contributed by atoms with Gasteiger partial charge in [-0.1, -0.05) is 19.9 Å². The molecule has 2 amide bonds. The lowest BCUT2D eigenvalue weighted by Gasteiger charge is -2.40. The Balaban J connectivity index is 1.37. The number of methoxy groups -OCH3 is 1. The SMILES string of the molecule is COc1cccc(C(=O)NC2CC3CCC(C2)N3c2ccc(C(=O)NCCC(C)C)cn2)c1C. The molecule has 2 fully saturated rings. The maximum Gasteiger partial charge on any atom is 0.252 e. The van der Waals surface area contributed by atoms with E-state index in [2.05, 4.69) is 34.4 Å². The molecule has 2 aromatic rings. The number of carbonyl (C=O) groups excluding carboxylic acids is 2. The van der Waals surface area contributed by atoms with Crippen LogP contribution in [0.25, 0.3) is 0 Å². The number of hydrogen-bond donors (Lipinski definition) is 2. The second kappa shape index (κ2) is 10.5. The van der Waals surface area contributed by atoms with Crippen molar-refractivity contribution >= 4 is 17.6 Å². The van der Waals surface area contributed by atoms with Crippen molar-refractivity contribution in [2.75, 3.05) is 18.6 Å². The highest BCUT2D eigenvalue weighted by Crippen LogP contribution is 2.38. The zero-order chi connectivity index (χ0) is 24.2. The van der Waals surface area contributed by atoms with Crippen LogP contribution >= 0.6 is 0 Å². The molecule has 1 aromatic heterocycles. The zero-order valence-corrected chi connectivity index (χ0v) is 20.6. The van der Waals surface area contributed by atoms with Crippen molar-refractivity contribution in [2.45, 2.75) is 71.0 Å². The number of benzene rings is 1. The van der Waals surface area contributed by atoms with Gasteiger partial charge in [0.25, 0.3) is 11.8 Å². The van der Waals surface area contributed by atoms with E-state index in [0.717, 1.165) is 49.2 Å². The second-order valence-corrected chi connectivity index (χ2v) is 9.91. The average Bonchev–Trinajstić information content (AvgIpc) is 3.09. The Morgan fingerprint density at radius 3 is 2.47 bits per heavy atom. The summed E-state index contributed by atoms with van der Waals surface area (Å²) in [5.41, 5.74) is 2.12. The van der Waals surface area contributed by atoms with Crippen LogP contribution in [0.4, 0.5) is 5.82 Å². The van der Waals surface area contributed by atoms with Crippen LogP contribution in [0.2, 0.25) is 0 Å². The number of piperidine rings is 1. The molecule has 34 heavy (non-hydrogen) atoms. The number of nitrogens with one attached hydrogen (secondary N) is 2. The van der Waals surface area contributed by atoms with Gasteiger partial charge < -0.3 is 20.3 Å². The van der Waals surface area contributed by atoms with Gasteiger partial charge >= 0.3 is 0 Å². The fourth-order valence-corrected chi connectivity index (χ4v) is 5.26. The van der Waals surface area contributed by atoms with Crippen molar-refractivity contribution in [1.82, 2.24) is 15.6 Å². The third-order valence-electron chi connectivity index (χ3n) is 7.10. The van der Waals surface area contributed by atoms with Crippen LogP contribution in [0, 0.1) is 12.8 Å². The van der Waals surface area contributed by atoms with E-state index in [1.54, 1.807) is 13.3 Å². The minimum Gasteiger partial charge on any atom is -0.496 e. The highest BCUT2D eigenvalue weighted by atomic mass is 16.5. The molecule has 2 atom stereocenters. The van der Waals surface area contributed by atoms with Gasteiger partial charge in [-0.3, -0.25) is 9.59 Å². The van der Waals surface area contributed by atoms with E-state index in [-0.39, 0.29) is 17.9 Å². The smallest absolute Gasteiger partial charge is 0.252 e. The van der Waals surface area contributed by atoms with Gasteiger partial charge in [0.1, 0.15) is 11.6 Å². The first kappa shape index (κ1) is 24.0. The lowest BCUT2D eigenvalue weighted by atomic mass is 9.96. The lowest BCUT2D eigenvalue weighted by Crippen LogP contribution is -2.50. The minimum absolute atomic E-state index is 0.0415. The number of hydrogen-bond acceptors (Lipinski definition) is 5. The molecule has 0 radical (unpaired) electrons. The molecule has 7 nitrogen and oxygen atoms in total. The quantitative estimate of drug-likeness (QED) is 0.614. The fraction of sp³-hybridized carbons (Fsp3) is 0.519. The molecule has 4 rings (SSSR count). The third-order valence-corrected chi connectivity index (χ3v) is 7.10. The van der Waals surface area contributed by atoms with Gasteiger partial charge in [0.05, 0.1) is 12.7 Å². The number of pyridine rings is 1. The van der Waals surface area contributed by atoms with Gasteiger partial charge in [-0.05, 0) is 69.2 Å². The van der Waals surface area contributed by atoms with Crippen LogP contribution in [0.5, 0.6) is 5.75 Å². The number of rotatable bonds is 8. The molecule has 2 bridgehead atoms. The molecule has 2 unspecified atom stereocenters. The van der Waals surface area contributed by atoms with E-state index in [1.807, 2.05) is 37.3 Å². The van der Waals surface area contributed by atoms with E-state index in [0.29, 0.717) is 35.7 Å². The number of aromatic nitrogens is 1. The molecule has 0 aliphatic carbocycles. The first-order chi connectivity index (χ1) is 16.4. The molecule has 2 aliphatic heterocycles. The Labute approximate surface area is 202 Å². The Bertz CT molecular complexity index is 1010. The topological polar surface area (TPSA) is 83.6 Å². The number of anilines is 1. The maximum atomic E-state index is 13.0. The normalized spacial score (nSPS) is 21.4. The van der Waals surface area contributed by atoms with E-state index < -0.39 is 0 Å². The highest BCUT2D eigenvalue weighted by molar-refractivity contribution is 5.96. The molecule has 2 saturated heterocycles. The summed E-state index contributed by atoms with van der Waals surface area (Å²) in [6.07, 6.45) is 6.61. The van der Waals surface area contributed by atoms with Crippen LogP contribution in [-0.4, -0.2) is 48.6 Å². The predicted octanol–water partition coefficient (Wildman–Crippen LogP) is 4.10. The summed E-state index contributed by atoms with van der Waals surface area (Å²) >= 11 is 0. The summed E-state index contributed by atoms with van der Waals surface area (Å²) in [5, 5.41) is 6.22. The van der Waals surface area contributed by atoms with Crippen molar-refractivity contribution in [3.8, 4) is 5.75 Å². The first-order valence-electron chi connectivity index (χ1n) is 12.3. The van der Waals surface area contributed by atoms with Gasteiger partial charge in [-0.2, -0.15) is 0 Å². The number of fused-ring (bicyclic) bond motifs is 2. The van der Waals surface area contributed by atoms with Gasteiger partial charge in [0, 0.05) is 42.0 Å². The molecular formula is C27H36N4O3. The minimum atomic E-state index is -0.0723. The van der Waals surface area contributed by atoms with Crippen molar-refractivity contribution in [2.24, 2.45) is 5.92 Å². The van der Waals surface area contributed by atoms with Crippen LogP contribution in [0.3, 0.4) is 0 Å². The van der Waals surface area contributed by atoms with Gasteiger partial charge in [0.15, 0.2) is 0 Å². The van der Waals surface area contributed by atoms with E-state index >= 15 is 0 Å². The van der Waals surface area contributed by atoms with Gasteiger partial charge in [0.2, 0.25) is 0 Å². The van der Waals surface area contributed by atoms with Crippen molar-refractivity contribution in [3.63, 3.8) is 0 Å². The van der Waals surface area contributed by atoms with Crippen LogP contribution in [0.15, 0.2) is 36.5 Å². The first-order valence-corrected chi connectivity index (χ1v) is 12.3. The third kappa shape index (κ3) is 5.18. The molecule has 2 aliphatic rings. The summed E-state index contributed by atoms with van der Waals surface area (Å²) in [6, 6.07) is 10.2. The Hall–Kier alpha value is -3.09. The monoisotopic (exact) mass is 464 g/mol. The fourth-order valence-electron chi connectivity index (χ4n) is 5.26. The van der Waals surface area contributed by atoms with Crippen molar-refractivity contribution in [1.29, 1.82) is 0 Å². The molecular weight excluding hydrogens is 428 g/mol. The largest absolute Gasteiger partial charge is 0.496 e. The molecule has 3 heterocycles. The number of carbonyl (C=O) groups is 2. The average molecular weight is 465 g/mol. The van der Waals surface area contributed by atoms with Crippen molar-refractivity contribution in [3.05, 3.63) is 53.2 Å². The maximum absolute atomic E-state index is 13.0. The van der Waals surface area contributed by atoms with E-state index in [9.17, 15) is 9.59 Å². The van der Waals surface area contributed by atoms with Gasteiger partial charge in [-0.15, -0.1) is 0 Å². The van der Waals surface area contributed by atoms with Crippen LogP contribution in [0.1, 0.15) is 72.2 Å². The number of ether oxygens (including phenoxy) is 1. The molecule has 0 spiro atoms. The van der Waals surface area contributed by atoms with E-state index in [1.165, 1.54) is 0 Å². The van der Waals surface area contributed by atoms with Crippen LogP contribution < -0.4 is 20.3 Å². The van der Waals surface area contributed by atoms with Crippen molar-refractivity contribution < 1.29 is 14.3 Å². The summed E-state index contributed by atoms with van der Waals surface area (Å²) < 4.78 is 5.37. The standard InChI is InChI=1S/C27H36N4O3/c1-17(2)12-13-28-26(32)19-8-11-25(29-16-19)31-21-9-10-22(31)15-20(14-21)30-27(33)23-6-5-7-24(34-4)18(23)3/h5-8,11,16-17,20-22H,9-10,12-15H2,1-4H3,(H,28,32)(H,30,33).